The van der Waals surface area contributed by atoms with Crippen molar-refractivity contribution < 1.29 is 14.3 Å². The van der Waals surface area contributed by atoms with E-state index in [9.17, 15) is 9.59 Å². The van der Waals surface area contributed by atoms with Gasteiger partial charge in [0.25, 0.3) is 0 Å². The molecule has 2 unspecified atom stereocenters. The fraction of sp³-hybridized carbons (Fsp3) is 0.520. The molecule has 5 nitrogen and oxygen atoms in total. The lowest BCUT2D eigenvalue weighted by atomic mass is 9.99. The Hall–Kier alpha value is -2.40. The minimum atomic E-state index is -0.112. The van der Waals surface area contributed by atoms with E-state index in [4.69, 9.17) is 0 Å². The third kappa shape index (κ3) is 8.54. The van der Waals surface area contributed by atoms with Crippen LogP contribution in [-0.4, -0.2) is 49.6 Å². The van der Waals surface area contributed by atoms with Gasteiger partial charge >= 0.3 is 5.97 Å². The number of nitrogens with one attached hydrogen (secondary N) is 1. The highest BCUT2D eigenvalue weighted by molar-refractivity contribution is 5.76. The van der Waals surface area contributed by atoms with E-state index >= 15 is 0 Å². The van der Waals surface area contributed by atoms with Crippen LogP contribution in [0.2, 0.25) is 0 Å². The molecule has 2 rings (SSSR count). The van der Waals surface area contributed by atoms with Crippen molar-refractivity contribution in [2.75, 3.05) is 26.7 Å². The molecule has 1 N–H and O–H groups in total. The zero-order valence-corrected chi connectivity index (χ0v) is 19.3. The Bertz CT molecular complexity index is 649. The van der Waals surface area contributed by atoms with Gasteiger partial charge in [0.05, 0.1) is 7.11 Å². The van der Waals surface area contributed by atoms with Crippen LogP contribution in [0.25, 0.3) is 0 Å². The largest absolute Gasteiger partial charge is 0.468 e. The van der Waals surface area contributed by atoms with Gasteiger partial charge in [-0.2, -0.15) is 0 Å². The topological polar surface area (TPSA) is 58.6 Å². The zero-order valence-electron chi connectivity index (χ0n) is 19.3. The Balaban J connectivity index is 0.000000522. The fourth-order valence-corrected chi connectivity index (χ4v) is 3.60. The van der Waals surface area contributed by atoms with E-state index in [0.29, 0.717) is 19.0 Å². The van der Waals surface area contributed by atoms with Crippen LogP contribution in [0.1, 0.15) is 46.5 Å². The van der Waals surface area contributed by atoms with E-state index in [0.717, 1.165) is 29.7 Å². The Labute approximate surface area is 183 Å². The first-order valence-electron chi connectivity index (χ1n) is 10.6. The lowest BCUT2D eigenvalue weighted by Crippen LogP contribution is -2.31. The molecule has 0 saturated carbocycles. The van der Waals surface area contributed by atoms with Crippen molar-refractivity contribution in [2.24, 2.45) is 5.92 Å². The SMILES string of the molecule is C=C.C=CC1=C(/C(C=C)=C\C)CN(C(C)=O)C1.CCCCC1CNC(C(=O)OC)C1. The van der Waals surface area contributed by atoms with Crippen molar-refractivity contribution in [1.29, 1.82) is 0 Å². The minimum absolute atomic E-state index is 0.0492. The van der Waals surface area contributed by atoms with Gasteiger partial charge in [0.2, 0.25) is 5.91 Å². The molecule has 2 aliphatic heterocycles. The van der Waals surface area contributed by atoms with Crippen molar-refractivity contribution in [1.82, 2.24) is 10.2 Å². The van der Waals surface area contributed by atoms with Crippen LogP contribution >= 0.6 is 0 Å². The van der Waals surface area contributed by atoms with Crippen LogP contribution in [-0.2, 0) is 14.3 Å². The molecule has 168 valence electrons. The number of carbonyl (C=O) groups excluding carboxylic acids is 2. The third-order valence-electron chi connectivity index (χ3n) is 5.34. The van der Waals surface area contributed by atoms with Gasteiger partial charge in [-0.1, -0.05) is 51.2 Å². The maximum atomic E-state index is 11.3. The molecule has 1 amide bonds. The van der Waals surface area contributed by atoms with E-state index < -0.39 is 0 Å². The first kappa shape index (κ1) is 27.6. The number of unbranched alkanes of at least 4 members (excludes halogenated alkanes) is 1. The Morgan fingerprint density at radius 3 is 2.40 bits per heavy atom. The Morgan fingerprint density at radius 1 is 1.27 bits per heavy atom. The summed E-state index contributed by atoms with van der Waals surface area (Å²) < 4.78 is 4.69. The monoisotopic (exact) mass is 416 g/mol. The van der Waals surface area contributed by atoms with E-state index in [2.05, 4.69) is 43.3 Å². The molecule has 0 aromatic rings. The summed E-state index contributed by atoms with van der Waals surface area (Å²) in [4.78, 5) is 24.2. The van der Waals surface area contributed by atoms with Gasteiger partial charge in [0.1, 0.15) is 6.04 Å². The normalized spacial score (nSPS) is 20.5. The Morgan fingerprint density at radius 2 is 1.93 bits per heavy atom. The minimum Gasteiger partial charge on any atom is -0.468 e. The van der Waals surface area contributed by atoms with Gasteiger partial charge in [-0.05, 0) is 48.9 Å². The summed E-state index contributed by atoms with van der Waals surface area (Å²) in [6.07, 6.45) is 10.3. The van der Waals surface area contributed by atoms with E-state index in [1.54, 1.807) is 11.8 Å². The number of rotatable bonds is 7. The lowest BCUT2D eigenvalue weighted by Gasteiger charge is -2.13. The summed E-state index contributed by atoms with van der Waals surface area (Å²) in [5.41, 5.74) is 3.38. The molecule has 2 aliphatic rings. The zero-order chi connectivity index (χ0) is 23.1. The summed E-state index contributed by atoms with van der Waals surface area (Å²) in [5.74, 6) is 0.659. The number of carbonyl (C=O) groups is 2. The molecular weight excluding hydrogens is 376 g/mol. The molecule has 2 atom stereocenters. The van der Waals surface area contributed by atoms with Crippen LogP contribution in [0.15, 0.2) is 61.3 Å². The second kappa shape index (κ2) is 15.4. The van der Waals surface area contributed by atoms with Crippen LogP contribution in [0, 0.1) is 5.92 Å². The Kier molecular flexibility index (Phi) is 14.2. The van der Waals surface area contributed by atoms with E-state index in [1.807, 2.05) is 25.2 Å². The molecule has 0 aromatic carbocycles. The molecular formula is C25H40N2O3. The summed E-state index contributed by atoms with van der Waals surface area (Å²) in [6.45, 7) is 21.6. The molecule has 30 heavy (non-hydrogen) atoms. The standard InChI is InChI=1S/C13H17NO.C10H19NO2.C2H4/c1-5-11(6-2)13-9-14(10(4)15)8-12(13)7-3;1-3-4-5-8-6-9(11-7-8)10(12)13-2;1-2/h5-7H,1,3,8-9H2,2,4H3;8-9,11H,3-7H2,1-2H3;1-2H2/b11-6-;;. The number of amides is 1. The molecule has 2 heterocycles. The lowest BCUT2D eigenvalue weighted by molar-refractivity contribution is -0.142. The predicted octanol–water partition coefficient (Wildman–Crippen LogP) is 4.59. The quantitative estimate of drug-likeness (QED) is 0.374. The van der Waals surface area contributed by atoms with E-state index in [-0.39, 0.29) is 17.9 Å². The van der Waals surface area contributed by atoms with Crippen molar-refractivity contribution in [3.05, 3.63) is 61.3 Å². The van der Waals surface area contributed by atoms with E-state index in [1.165, 1.54) is 26.4 Å². The highest BCUT2D eigenvalue weighted by atomic mass is 16.5. The summed E-state index contributed by atoms with van der Waals surface area (Å²) in [5, 5.41) is 3.19. The number of nitrogens with zero attached hydrogens (tertiary/aromatic N) is 1. The number of allylic oxidation sites excluding steroid dienone is 2. The summed E-state index contributed by atoms with van der Waals surface area (Å²) >= 11 is 0. The van der Waals surface area contributed by atoms with Gasteiger partial charge < -0.3 is 15.0 Å². The van der Waals surface area contributed by atoms with Crippen LogP contribution in [0.5, 0.6) is 0 Å². The van der Waals surface area contributed by atoms with Crippen molar-refractivity contribution in [3.63, 3.8) is 0 Å². The number of hydrogen-bond donors (Lipinski definition) is 1. The van der Waals surface area contributed by atoms with Gasteiger partial charge in [0.15, 0.2) is 0 Å². The number of methoxy groups -OCH3 is 1. The second-order valence-electron chi connectivity index (χ2n) is 7.26. The third-order valence-corrected chi connectivity index (χ3v) is 5.34. The number of hydrogen-bond acceptors (Lipinski definition) is 4. The maximum Gasteiger partial charge on any atom is 0.322 e. The first-order chi connectivity index (χ1) is 14.4. The van der Waals surface area contributed by atoms with Gasteiger partial charge in [-0.25, -0.2) is 0 Å². The van der Waals surface area contributed by atoms with Crippen molar-refractivity contribution in [2.45, 2.75) is 52.5 Å². The van der Waals surface area contributed by atoms with Gasteiger partial charge in [-0.15, -0.1) is 13.2 Å². The fourth-order valence-electron chi connectivity index (χ4n) is 3.60. The van der Waals surface area contributed by atoms with Crippen LogP contribution in [0.4, 0.5) is 0 Å². The molecule has 0 bridgehead atoms. The predicted molar refractivity (Wildman–Crippen MR) is 126 cm³/mol. The second-order valence-corrected chi connectivity index (χ2v) is 7.26. The smallest absolute Gasteiger partial charge is 0.322 e. The van der Waals surface area contributed by atoms with Gasteiger partial charge in [0, 0.05) is 20.0 Å². The molecule has 5 heteroatoms. The molecule has 1 saturated heterocycles. The maximum absolute atomic E-state index is 11.3. The molecule has 0 radical (unpaired) electrons. The number of ether oxygens (including phenoxy) is 1. The molecule has 0 aromatic heterocycles. The van der Waals surface area contributed by atoms with Crippen molar-refractivity contribution >= 4 is 11.9 Å². The van der Waals surface area contributed by atoms with Crippen LogP contribution in [0.3, 0.4) is 0 Å². The highest BCUT2D eigenvalue weighted by Gasteiger charge is 2.29. The first-order valence-corrected chi connectivity index (χ1v) is 10.6. The van der Waals surface area contributed by atoms with Crippen LogP contribution < -0.4 is 5.32 Å². The number of esters is 1. The average Bonchev–Trinajstić information content (AvgIpc) is 3.42. The summed E-state index contributed by atoms with van der Waals surface area (Å²) in [7, 11) is 1.45. The highest BCUT2D eigenvalue weighted by Crippen LogP contribution is 2.25. The summed E-state index contributed by atoms with van der Waals surface area (Å²) in [6, 6.07) is -0.0492. The molecule has 0 spiro atoms. The van der Waals surface area contributed by atoms with Gasteiger partial charge in [-0.3, -0.25) is 9.59 Å². The average molecular weight is 417 g/mol. The molecule has 1 fully saturated rings. The molecule has 0 aliphatic carbocycles. The van der Waals surface area contributed by atoms with Crippen molar-refractivity contribution in [3.8, 4) is 0 Å².